The summed E-state index contributed by atoms with van der Waals surface area (Å²) in [6.45, 7) is 9.74. The van der Waals surface area contributed by atoms with Crippen molar-refractivity contribution in [2.24, 2.45) is 11.1 Å². The Labute approximate surface area is 199 Å². The van der Waals surface area contributed by atoms with Gasteiger partial charge in [-0.15, -0.1) is 0 Å². The molecule has 7 heteroatoms. The maximum absolute atomic E-state index is 15.1. The number of likely N-dealkylation sites (N-methyl/N-ethyl adjacent to an activating group) is 1. The van der Waals surface area contributed by atoms with Crippen LogP contribution < -0.4 is 11.1 Å². The number of carbonyl (C=O) groups excluding carboxylic acids is 1. The summed E-state index contributed by atoms with van der Waals surface area (Å²) in [4.78, 5) is 15.2. The highest BCUT2D eigenvalue weighted by Crippen LogP contribution is 2.59. The molecule has 0 radical (unpaired) electrons. The smallest absolute Gasteiger partial charge is 0.235 e. The fraction of sp³-hybridized carbons (Fsp3) is 0.480. The van der Waals surface area contributed by atoms with Crippen LogP contribution in [-0.2, 0) is 10.2 Å². The number of benzene rings is 2. The molecular weight excluding hydrogens is 448 g/mol. The number of hydrogen-bond acceptors (Lipinski definition) is 3. The molecule has 2 heterocycles. The lowest BCUT2D eigenvalue weighted by molar-refractivity contribution is -0.123. The monoisotopic (exact) mass is 477 g/mol. The molecule has 32 heavy (non-hydrogen) atoms. The third-order valence-electron chi connectivity index (χ3n) is 7.05. The predicted molar refractivity (Wildman–Crippen MR) is 129 cm³/mol. The van der Waals surface area contributed by atoms with Crippen molar-refractivity contribution in [2.75, 3.05) is 18.4 Å². The second-order valence-corrected chi connectivity index (χ2v) is 11.0. The van der Waals surface area contributed by atoms with Crippen molar-refractivity contribution in [3.05, 3.63) is 63.4 Å². The largest absolute Gasteiger partial charge is 0.381 e. The van der Waals surface area contributed by atoms with Crippen LogP contribution in [-0.4, -0.2) is 36.0 Å². The third-order valence-corrected chi connectivity index (χ3v) is 7.57. The molecule has 1 saturated heterocycles. The summed E-state index contributed by atoms with van der Waals surface area (Å²) < 4.78 is 15.1. The molecule has 1 fully saturated rings. The van der Waals surface area contributed by atoms with Gasteiger partial charge < -0.3 is 11.1 Å². The van der Waals surface area contributed by atoms with Crippen molar-refractivity contribution < 1.29 is 9.18 Å². The van der Waals surface area contributed by atoms with E-state index >= 15 is 4.39 Å². The molecule has 2 aliphatic heterocycles. The number of carbonyl (C=O) groups is 1. The number of halogens is 3. The second kappa shape index (κ2) is 8.19. The quantitative estimate of drug-likeness (QED) is 0.604. The normalized spacial score (nSPS) is 27.5. The van der Waals surface area contributed by atoms with E-state index < -0.39 is 17.3 Å². The molecule has 3 N–H and O–H groups in total. The highest BCUT2D eigenvalue weighted by molar-refractivity contribution is 6.31. The lowest BCUT2D eigenvalue weighted by Gasteiger charge is -2.41. The van der Waals surface area contributed by atoms with Gasteiger partial charge in [0.15, 0.2) is 5.82 Å². The van der Waals surface area contributed by atoms with Gasteiger partial charge in [0.05, 0.1) is 16.8 Å². The number of hydrogen-bond donors (Lipinski definition) is 2. The predicted octanol–water partition coefficient (Wildman–Crippen LogP) is 5.57. The summed E-state index contributed by atoms with van der Waals surface area (Å²) >= 11 is 12.5. The maximum atomic E-state index is 15.1. The van der Waals surface area contributed by atoms with Gasteiger partial charge in [0.25, 0.3) is 0 Å². The highest BCUT2D eigenvalue weighted by atomic mass is 35.5. The van der Waals surface area contributed by atoms with Crippen LogP contribution in [0.4, 0.5) is 10.1 Å². The summed E-state index contributed by atoms with van der Waals surface area (Å²) in [7, 11) is 0. The fourth-order valence-corrected chi connectivity index (χ4v) is 6.35. The SMILES string of the molecule is CCN1[C@@H](CC(C)(C)C)[C@@]2(CNc3c2ccc(Cl)c3F)[C@@H](c2cccc(Cl)c2)[C@@H]1C(N)=O. The van der Waals surface area contributed by atoms with Gasteiger partial charge in [-0.1, -0.05) is 69.1 Å². The Morgan fingerprint density at radius 3 is 2.59 bits per heavy atom. The van der Waals surface area contributed by atoms with E-state index in [1.165, 1.54) is 0 Å². The number of nitrogens with two attached hydrogens (primary N) is 1. The molecule has 0 unspecified atom stereocenters. The summed E-state index contributed by atoms with van der Waals surface area (Å²) in [6, 6.07) is 10.5. The molecule has 1 spiro atoms. The minimum absolute atomic E-state index is 0.0236. The zero-order valence-corrected chi connectivity index (χ0v) is 20.4. The number of primary amides is 1. The van der Waals surface area contributed by atoms with Gasteiger partial charge in [-0.3, -0.25) is 9.69 Å². The molecule has 4 atom stereocenters. The lowest BCUT2D eigenvalue weighted by Crippen LogP contribution is -2.48. The first kappa shape index (κ1) is 23.3. The van der Waals surface area contributed by atoms with Crippen LogP contribution in [0.3, 0.4) is 0 Å². The van der Waals surface area contributed by atoms with Gasteiger partial charge in [0.2, 0.25) is 5.91 Å². The summed E-state index contributed by atoms with van der Waals surface area (Å²) in [5, 5.41) is 3.98. The van der Waals surface area contributed by atoms with Gasteiger partial charge in [0, 0.05) is 28.9 Å². The van der Waals surface area contributed by atoms with Crippen molar-refractivity contribution in [3.8, 4) is 0 Å². The molecule has 0 bridgehead atoms. The topological polar surface area (TPSA) is 58.4 Å². The molecule has 1 amide bonds. The Balaban J connectivity index is 2.04. The van der Waals surface area contributed by atoms with E-state index in [1.54, 1.807) is 6.07 Å². The van der Waals surface area contributed by atoms with Crippen molar-refractivity contribution in [1.29, 1.82) is 0 Å². The lowest BCUT2D eigenvalue weighted by atomic mass is 9.63. The van der Waals surface area contributed by atoms with Gasteiger partial charge in [-0.05, 0) is 47.7 Å². The molecule has 2 aliphatic rings. The van der Waals surface area contributed by atoms with Crippen LogP contribution in [0.15, 0.2) is 36.4 Å². The Kier molecular flexibility index (Phi) is 5.98. The van der Waals surface area contributed by atoms with Crippen LogP contribution in [0.1, 0.15) is 51.2 Å². The van der Waals surface area contributed by atoms with Crippen LogP contribution in [0.2, 0.25) is 10.0 Å². The molecule has 172 valence electrons. The van der Waals surface area contributed by atoms with Crippen molar-refractivity contribution in [3.63, 3.8) is 0 Å². The van der Waals surface area contributed by atoms with Crippen LogP contribution in [0.5, 0.6) is 0 Å². The Bertz CT molecular complexity index is 1050. The number of rotatable bonds is 4. The van der Waals surface area contributed by atoms with Gasteiger partial charge >= 0.3 is 0 Å². The van der Waals surface area contributed by atoms with Crippen LogP contribution in [0.25, 0.3) is 0 Å². The number of anilines is 1. The number of likely N-dealkylation sites (tertiary alicyclic amines) is 1. The van der Waals surface area contributed by atoms with Gasteiger partial charge in [-0.2, -0.15) is 0 Å². The highest BCUT2D eigenvalue weighted by Gasteiger charge is 2.64. The first-order chi connectivity index (χ1) is 15.0. The summed E-state index contributed by atoms with van der Waals surface area (Å²) in [5.41, 5.74) is 7.65. The van der Waals surface area contributed by atoms with E-state index in [0.717, 1.165) is 17.5 Å². The standard InChI is InChI=1S/C25H30Cl2FN3O/c1-5-31-18(12-24(2,3)4)25(13-30-21-16(25)9-10-17(27)20(21)28)19(22(31)23(29)32)14-7-6-8-15(26)11-14/h6-11,18-19,22,30H,5,12-13H2,1-4H3,(H2,29,32)/t18-,19-,22+,25-/m0/s1. The molecule has 0 saturated carbocycles. The first-order valence-corrected chi connectivity index (χ1v) is 11.8. The molecule has 2 aromatic rings. The average Bonchev–Trinajstić information content (AvgIpc) is 3.21. The number of nitrogens with one attached hydrogen (secondary N) is 1. The van der Waals surface area contributed by atoms with Crippen molar-refractivity contribution in [2.45, 2.75) is 57.5 Å². The molecule has 0 aliphatic carbocycles. The number of fused-ring (bicyclic) bond motifs is 2. The van der Waals surface area contributed by atoms with E-state index in [2.05, 4.69) is 31.0 Å². The van der Waals surface area contributed by atoms with E-state index in [4.69, 9.17) is 28.9 Å². The second-order valence-electron chi connectivity index (χ2n) is 10.2. The summed E-state index contributed by atoms with van der Waals surface area (Å²) in [5.74, 6) is -1.12. The number of amides is 1. The van der Waals surface area contributed by atoms with Crippen molar-refractivity contribution >= 4 is 34.8 Å². The third kappa shape index (κ3) is 3.59. The fourth-order valence-electron chi connectivity index (χ4n) is 5.99. The van der Waals surface area contributed by atoms with E-state index in [1.807, 2.05) is 37.3 Å². The molecule has 0 aromatic heterocycles. The summed E-state index contributed by atoms with van der Waals surface area (Å²) in [6.07, 6.45) is 0.813. The minimum atomic E-state index is -0.575. The van der Waals surface area contributed by atoms with Crippen molar-refractivity contribution in [1.82, 2.24) is 4.90 Å². The Morgan fingerprint density at radius 2 is 2.00 bits per heavy atom. The van der Waals surface area contributed by atoms with Crippen LogP contribution in [0, 0.1) is 11.2 Å². The van der Waals surface area contributed by atoms with Gasteiger partial charge in [-0.25, -0.2) is 4.39 Å². The molecule has 4 rings (SSSR count). The van der Waals surface area contributed by atoms with Crippen LogP contribution >= 0.6 is 23.2 Å². The zero-order valence-electron chi connectivity index (χ0n) is 18.9. The molecular formula is C25H30Cl2FN3O. The maximum Gasteiger partial charge on any atom is 0.235 e. The zero-order chi connectivity index (χ0) is 23.4. The molecule has 2 aromatic carbocycles. The molecule has 4 nitrogen and oxygen atoms in total. The van der Waals surface area contributed by atoms with E-state index in [-0.39, 0.29) is 28.3 Å². The first-order valence-electron chi connectivity index (χ1n) is 11.0. The number of nitrogens with zero attached hydrogens (tertiary/aromatic N) is 1. The van der Waals surface area contributed by atoms with E-state index in [9.17, 15) is 4.79 Å². The minimum Gasteiger partial charge on any atom is -0.381 e. The van der Waals surface area contributed by atoms with E-state index in [0.29, 0.717) is 23.8 Å². The Hall–Kier alpha value is -1.82. The van der Waals surface area contributed by atoms with Gasteiger partial charge in [0.1, 0.15) is 0 Å². The Morgan fingerprint density at radius 1 is 1.28 bits per heavy atom. The average molecular weight is 478 g/mol.